The number of fused-ring (bicyclic) bond motifs is 3. The Bertz CT molecular complexity index is 1490. The minimum atomic E-state index is -1.60. The molecule has 7 nitrogen and oxygen atoms in total. The standard InChI is InChI=1S/C26H16Cl2N4O3/c27-20-11-17-22(12-21(20)28)35-14-19-23(31-32(24(17)19)16-9-5-2-6-10-16)25(33)18(13-29)26(34)30-15-7-3-1-4-8-15/h1-12,18H,14H2,(H,30,34). The van der Waals surface area contributed by atoms with E-state index >= 15 is 0 Å². The van der Waals surface area contributed by atoms with Crippen molar-refractivity contribution in [3.63, 3.8) is 0 Å². The summed E-state index contributed by atoms with van der Waals surface area (Å²) in [7, 11) is 0. The molecule has 172 valence electrons. The van der Waals surface area contributed by atoms with Gasteiger partial charge in [0.15, 0.2) is 5.92 Å². The van der Waals surface area contributed by atoms with Crippen molar-refractivity contribution >= 4 is 40.6 Å². The van der Waals surface area contributed by atoms with Crippen molar-refractivity contribution in [1.29, 1.82) is 5.26 Å². The molecule has 0 bridgehead atoms. The normalized spacial score (nSPS) is 12.5. The van der Waals surface area contributed by atoms with Gasteiger partial charge in [0.05, 0.1) is 27.5 Å². The highest BCUT2D eigenvalue weighted by Gasteiger charge is 2.36. The van der Waals surface area contributed by atoms with Gasteiger partial charge in [-0.25, -0.2) is 4.68 Å². The molecule has 0 aliphatic carbocycles. The van der Waals surface area contributed by atoms with Crippen LogP contribution in [0.2, 0.25) is 10.0 Å². The number of halogens is 2. The van der Waals surface area contributed by atoms with Gasteiger partial charge in [-0.3, -0.25) is 9.59 Å². The summed E-state index contributed by atoms with van der Waals surface area (Å²) in [5.74, 6) is -2.58. The molecule has 5 rings (SSSR count). The molecular weight excluding hydrogens is 487 g/mol. The Morgan fingerprint density at radius 2 is 1.69 bits per heavy atom. The van der Waals surface area contributed by atoms with E-state index in [-0.39, 0.29) is 12.3 Å². The van der Waals surface area contributed by atoms with Crippen molar-refractivity contribution < 1.29 is 14.3 Å². The van der Waals surface area contributed by atoms with Gasteiger partial charge in [0.1, 0.15) is 18.1 Å². The van der Waals surface area contributed by atoms with Gasteiger partial charge in [-0.15, -0.1) is 0 Å². The Hall–Kier alpha value is -4.12. The van der Waals surface area contributed by atoms with Gasteiger partial charge in [-0.05, 0) is 30.3 Å². The number of hydrogen-bond acceptors (Lipinski definition) is 5. The fourth-order valence-corrected chi connectivity index (χ4v) is 4.23. The molecule has 9 heteroatoms. The number of rotatable bonds is 5. The maximum atomic E-state index is 13.5. The summed E-state index contributed by atoms with van der Waals surface area (Å²) in [6, 6.07) is 22.9. The van der Waals surface area contributed by atoms with E-state index in [9.17, 15) is 14.9 Å². The molecule has 1 unspecified atom stereocenters. The molecule has 1 aromatic heterocycles. The smallest absolute Gasteiger partial charge is 0.249 e. The third-order valence-corrected chi connectivity index (χ3v) is 6.28. The summed E-state index contributed by atoms with van der Waals surface area (Å²) in [4.78, 5) is 26.3. The second kappa shape index (κ2) is 9.26. The van der Waals surface area contributed by atoms with Crippen molar-refractivity contribution in [1.82, 2.24) is 9.78 Å². The minimum Gasteiger partial charge on any atom is -0.488 e. The third kappa shape index (κ3) is 4.14. The summed E-state index contributed by atoms with van der Waals surface area (Å²) in [6.07, 6.45) is 0. The summed E-state index contributed by atoms with van der Waals surface area (Å²) < 4.78 is 7.46. The maximum Gasteiger partial charge on any atom is 0.249 e. The van der Waals surface area contributed by atoms with Crippen LogP contribution in [-0.4, -0.2) is 21.5 Å². The number of ether oxygens (including phenoxy) is 1. The molecule has 0 spiro atoms. The summed E-state index contributed by atoms with van der Waals surface area (Å²) >= 11 is 12.5. The van der Waals surface area contributed by atoms with Crippen molar-refractivity contribution in [2.45, 2.75) is 6.61 Å². The van der Waals surface area contributed by atoms with Crippen LogP contribution in [-0.2, 0) is 11.4 Å². The predicted octanol–water partition coefficient (Wildman–Crippen LogP) is 5.70. The van der Waals surface area contributed by atoms with Crippen molar-refractivity contribution in [3.05, 3.63) is 94.1 Å². The number of Topliss-reactive ketones (excluding diaryl/α,β-unsaturated/α-hetero) is 1. The van der Waals surface area contributed by atoms with Crippen molar-refractivity contribution in [3.8, 4) is 28.8 Å². The zero-order valence-corrected chi connectivity index (χ0v) is 19.5. The van der Waals surface area contributed by atoms with E-state index in [1.54, 1.807) is 47.1 Å². The first kappa shape index (κ1) is 22.7. The Morgan fingerprint density at radius 1 is 1.03 bits per heavy atom. The van der Waals surface area contributed by atoms with E-state index in [4.69, 9.17) is 27.9 Å². The number of para-hydroxylation sites is 2. The zero-order chi connectivity index (χ0) is 24.5. The lowest BCUT2D eigenvalue weighted by atomic mass is 9.96. The Morgan fingerprint density at radius 3 is 2.37 bits per heavy atom. The topological polar surface area (TPSA) is 97.0 Å². The maximum absolute atomic E-state index is 13.5. The van der Waals surface area contributed by atoms with Crippen LogP contribution < -0.4 is 10.1 Å². The number of carbonyl (C=O) groups excluding carboxylic acids is 2. The van der Waals surface area contributed by atoms with Crippen molar-refractivity contribution in [2.24, 2.45) is 5.92 Å². The second-order valence-corrected chi connectivity index (χ2v) is 8.57. The van der Waals surface area contributed by atoms with Gasteiger partial charge in [-0.2, -0.15) is 10.4 Å². The molecule has 1 amide bonds. The molecule has 35 heavy (non-hydrogen) atoms. The van der Waals surface area contributed by atoms with E-state index in [0.29, 0.717) is 44.0 Å². The summed E-state index contributed by atoms with van der Waals surface area (Å²) in [5.41, 5.74) is 2.78. The van der Waals surface area contributed by atoms with Crippen LogP contribution in [0.5, 0.6) is 5.75 Å². The molecule has 1 aliphatic heterocycles. The van der Waals surface area contributed by atoms with Gasteiger partial charge in [0.25, 0.3) is 0 Å². The third-order valence-electron chi connectivity index (χ3n) is 5.56. The lowest BCUT2D eigenvalue weighted by molar-refractivity contribution is -0.117. The number of nitriles is 1. The fraction of sp³-hybridized carbons (Fsp3) is 0.0769. The highest BCUT2D eigenvalue weighted by molar-refractivity contribution is 6.42. The van der Waals surface area contributed by atoms with Crippen LogP contribution in [0.15, 0.2) is 72.8 Å². The van der Waals surface area contributed by atoms with E-state index in [2.05, 4.69) is 10.4 Å². The number of benzene rings is 3. The summed E-state index contributed by atoms with van der Waals surface area (Å²) in [6.45, 7) is 0.00660. The number of aromatic nitrogens is 2. The van der Waals surface area contributed by atoms with Gasteiger partial charge in [0.2, 0.25) is 11.7 Å². The molecule has 4 aromatic rings. The number of nitrogens with one attached hydrogen (secondary N) is 1. The highest BCUT2D eigenvalue weighted by atomic mass is 35.5. The molecule has 1 N–H and O–H groups in total. The van der Waals surface area contributed by atoms with Gasteiger partial charge >= 0.3 is 0 Å². The average molecular weight is 503 g/mol. The largest absolute Gasteiger partial charge is 0.488 e. The predicted molar refractivity (Wildman–Crippen MR) is 132 cm³/mol. The van der Waals surface area contributed by atoms with Crippen LogP contribution in [0.4, 0.5) is 5.69 Å². The van der Waals surface area contributed by atoms with Crippen LogP contribution in [0, 0.1) is 17.2 Å². The Balaban J connectivity index is 1.62. The lowest BCUT2D eigenvalue weighted by Crippen LogP contribution is -2.29. The lowest BCUT2D eigenvalue weighted by Gasteiger charge is -2.20. The number of hydrogen-bond donors (Lipinski definition) is 1. The van der Waals surface area contributed by atoms with Crippen molar-refractivity contribution in [2.75, 3.05) is 5.32 Å². The number of amides is 1. The number of nitrogens with zero attached hydrogens (tertiary/aromatic N) is 3. The molecule has 0 radical (unpaired) electrons. The van der Waals surface area contributed by atoms with E-state index < -0.39 is 17.6 Å². The van der Waals surface area contributed by atoms with Crippen LogP contribution >= 0.6 is 23.2 Å². The first-order valence-electron chi connectivity index (χ1n) is 10.6. The number of ketones is 1. The van der Waals surface area contributed by atoms with E-state index in [1.165, 1.54) is 0 Å². The first-order valence-corrected chi connectivity index (χ1v) is 11.3. The molecule has 1 aliphatic rings. The quantitative estimate of drug-likeness (QED) is 0.278. The SMILES string of the molecule is N#CC(C(=O)Nc1ccccc1)C(=O)c1nn(-c2ccccc2)c2c1COc1cc(Cl)c(Cl)cc1-2. The molecule has 1 atom stereocenters. The van der Waals surface area contributed by atoms with E-state index in [1.807, 2.05) is 36.4 Å². The molecule has 0 fully saturated rings. The highest BCUT2D eigenvalue weighted by Crippen LogP contribution is 2.44. The van der Waals surface area contributed by atoms with E-state index in [0.717, 1.165) is 0 Å². The molecule has 2 heterocycles. The fourth-order valence-electron chi connectivity index (χ4n) is 3.91. The van der Waals surface area contributed by atoms with Gasteiger partial charge in [-0.1, -0.05) is 59.6 Å². The average Bonchev–Trinajstić information content (AvgIpc) is 3.26. The summed E-state index contributed by atoms with van der Waals surface area (Å²) in [5, 5.41) is 17.5. The molecule has 3 aromatic carbocycles. The number of carbonyl (C=O) groups is 2. The molecular formula is C26H16Cl2N4O3. The molecule has 0 saturated heterocycles. The van der Waals surface area contributed by atoms with Crippen LogP contribution in [0.1, 0.15) is 16.1 Å². The van der Waals surface area contributed by atoms with Crippen LogP contribution in [0.3, 0.4) is 0 Å². The van der Waals surface area contributed by atoms with Crippen LogP contribution in [0.25, 0.3) is 16.9 Å². The van der Waals surface area contributed by atoms with Gasteiger partial charge < -0.3 is 10.1 Å². The first-order chi connectivity index (χ1) is 17.0. The van der Waals surface area contributed by atoms with Gasteiger partial charge in [0, 0.05) is 22.9 Å². The minimum absolute atomic E-state index is 0.00660. The monoisotopic (exact) mass is 502 g/mol. The number of anilines is 1. The zero-order valence-electron chi connectivity index (χ0n) is 18.0. The molecule has 0 saturated carbocycles. The Kier molecular flexibility index (Phi) is 6.00. The second-order valence-electron chi connectivity index (χ2n) is 7.76. The Labute approximate surface area is 210 Å².